The van der Waals surface area contributed by atoms with Crippen LogP contribution in [-0.4, -0.2) is 33.6 Å². The lowest BCUT2D eigenvalue weighted by Gasteiger charge is -2.14. The molecule has 0 unspecified atom stereocenters. The Balaban J connectivity index is 1.83. The minimum Gasteiger partial charge on any atom is -0.449 e. The number of aryl methyl sites for hydroxylation is 2. The predicted molar refractivity (Wildman–Crippen MR) is 92.5 cm³/mol. The molecule has 1 heterocycles. The van der Waals surface area contributed by atoms with E-state index in [1.165, 1.54) is 0 Å². The molecule has 7 nitrogen and oxygen atoms in total. The molecule has 1 aliphatic rings. The van der Waals surface area contributed by atoms with Crippen LogP contribution >= 0.6 is 0 Å². The summed E-state index contributed by atoms with van der Waals surface area (Å²) in [5.74, 6) is -0.875. The zero-order valence-corrected chi connectivity index (χ0v) is 14.5. The molecule has 0 aliphatic heterocycles. The molecule has 0 bridgehead atoms. The van der Waals surface area contributed by atoms with Crippen molar-refractivity contribution in [2.75, 3.05) is 0 Å². The summed E-state index contributed by atoms with van der Waals surface area (Å²) in [6.45, 7) is 5.58. The van der Waals surface area contributed by atoms with Gasteiger partial charge in [-0.15, -0.1) is 0 Å². The van der Waals surface area contributed by atoms with Crippen molar-refractivity contribution in [1.29, 1.82) is 0 Å². The average Bonchev–Trinajstić information content (AvgIpc) is 3.39. The molecule has 0 saturated heterocycles. The summed E-state index contributed by atoms with van der Waals surface area (Å²) in [4.78, 5) is 40.6. The molecule has 1 aromatic carbocycles. The van der Waals surface area contributed by atoms with E-state index in [-0.39, 0.29) is 17.5 Å². The van der Waals surface area contributed by atoms with Gasteiger partial charge < -0.3 is 14.6 Å². The number of ether oxygens (including phenoxy) is 1. The number of amides is 1. The predicted octanol–water partition coefficient (Wildman–Crippen LogP) is 1.55. The maximum absolute atomic E-state index is 12.3. The summed E-state index contributed by atoms with van der Waals surface area (Å²) in [7, 11) is 0. The Bertz CT molecular complexity index is 899. The van der Waals surface area contributed by atoms with Crippen LogP contribution in [0.1, 0.15) is 42.7 Å². The lowest BCUT2D eigenvalue weighted by Crippen LogP contribution is -2.37. The van der Waals surface area contributed by atoms with Crippen LogP contribution in [0.5, 0.6) is 0 Å². The van der Waals surface area contributed by atoms with E-state index < -0.39 is 12.1 Å². The first-order valence-electron chi connectivity index (χ1n) is 8.43. The van der Waals surface area contributed by atoms with Gasteiger partial charge in [-0.3, -0.25) is 9.59 Å². The van der Waals surface area contributed by atoms with Crippen LogP contribution in [0.15, 0.2) is 23.0 Å². The molecule has 1 saturated carbocycles. The summed E-state index contributed by atoms with van der Waals surface area (Å²) in [6.07, 6.45) is 1.09. The highest BCUT2D eigenvalue weighted by atomic mass is 16.5. The molecule has 2 aromatic rings. The fourth-order valence-electron chi connectivity index (χ4n) is 2.64. The summed E-state index contributed by atoms with van der Waals surface area (Å²) in [5.41, 5.74) is 1.73. The third-order valence-corrected chi connectivity index (χ3v) is 4.24. The van der Waals surface area contributed by atoms with Gasteiger partial charge in [-0.2, -0.15) is 0 Å². The number of nitrogens with zero attached hydrogens (tertiary/aromatic N) is 2. The van der Waals surface area contributed by atoms with E-state index in [0.717, 1.165) is 12.8 Å². The van der Waals surface area contributed by atoms with Crippen LogP contribution in [0.25, 0.3) is 11.0 Å². The highest BCUT2D eigenvalue weighted by molar-refractivity contribution is 5.95. The van der Waals surface area contributed by atoms with Crippen LogP contribution in [-0.2, 0) is 16.1 Å². The second-order valence-corrected chi connectivity index (χ2v) is 6.28. The monoisotopic (exact) mass is 343 g/mol. The minimum absolute atomic E-state index is 0.143. The van der Waals surface area contributed by atoms with E-state index in [1.807, 2.05) is 6.92 Å². The SMILES string of the molecule is CCn1c(=O)c(C)nc2cc(C(=O)O[C@H](C)C(=O)NC3CC3)ccc21. The zero-order chi connectivity index (χ0) is 18.1. The number of aromatic nitrogens is 2. The Morgan fingerprint density at radius 1 is 1.40 bits per heavy atom. The summed E-state index contributed by atoms with van der Waals surface area (Å²) in [5, 5.41) is 2.80. The molecule has 1 amide bonds. The first-order chi connectivity index (χ1) is 11.9. The standard InChI is InChI=1S/C18H21N3O4/c1-4-21-15-8-5-12(9-14(15)19-10(2)17(21)23)18(24)25-11(3)16(22)20-13-6-7-13/h5,8-9,11,13H,4,6-7H2,1-3H3,(H,20,22)/t11-/m1/s1. The molecule has 1 N–H and O–H groups in total. The van der Waals surface area contributed by atoms with Crippen molar-refractivity contribution in [3.8, 4) is 0 Å². The maximum atomic E-state index is 12.3. The first-order valence-corrected chi connectivity index (χ1v) is 8.43. The van der Waals surface area contributed by atoms with E-state index >= 15 is 0 Å². The number of carbonyl (C=O) groups is 2. The lowest BCUT2D eigenvalue weighted by molar-refractivity contribution is -0.129. The van der Waals surface area contributed by atoms with Gasteiger partial charge in [0.25, 0.3) is 11.5 Å². The Labute approximate surface area is 145 Å². The second-order valence-electron chi connectivity index (χ2n) is 6.28. The number of nitrogens with one attached hydrogen (secondary N) is 1. The molecule has 1 fully saturated rings. The van der Waals surface area contributed by atoms with E-state index in [9.17, 15) is 14.4 Å². The number of fused-ring (bicyclic) bond motifs is 1. The van der Waals surface area contributed by atoms with Crippen molar-refractivity contribution < 1.29 is 14.3 Å². The van der Waals surface area contributed by atoms with Crippen LogP contribution in [0.3, 0.4) is 0 Å². The number of carbonyl (C=O) groups excluding carboxylic acids is 2. The molecule has 25 heavy (non-hydrogen) atoms. The lowest BCUT2D eigenvalue weighted by atomic mass is 10.2. The van der Waals surface area contributed by atoms with Crippen molar-refractivity contribution >= 4 is 22.9 Å². The molecule has 1 aliphatic carbocycles. The van der Waals surface area contributed by atoms with Crippen molar-refractivity contribution in [3.63, 3.8) is 0 Å². The average molecular weight is 343 g/mol. The third kappa shape index (κ3) is 3.55. The Kier molecular flexibility index (Phi) is 4.57. The van der Waals surface area contributed by atoms with Gasteiger partial charge in [0.15, 0.2) is 6.10 Å². The number of esters is 1. The molecule has 1 aromatic heterocycles. The van der Waals surface area contributed by atoms with E-state index in [1.54, 1.807) is 36.6 Å². The van der Waals surface area contributed by atoms with Crippen molar-refractivity contribution in [2.24, 2.45) is 0 Å². The van der Waals surface area contributed by atoms with Gasteiger partial charge in [-0.25, -0.2) is 9.78 Å². The maximum Gasteiger partial charge on any atom is 0.338 e. The molecule has 1 atom stereocenters. The van der Waals surface area contributed by atoms with Gasteiger partial charge in [-0.1, -0.05) is 0 Å². The fraction of sp³-hybridized carbons (Fsp3) is 0.444. The Morgan fingerprint density at radius 2 is 2.12 bits per heavy atom. The minimum atomic E-state index is -0.858. The topological polar surface area (TPSA) is 90.3 Å². The fourth-order valence-corrected chi connectivity index (χ4v) is 2.64. The first kappa shape index (κ1) is 17.1. The van der Waals surface area contributed by atoms with Gasteiger partial charge >= 0.3 is 5.97 Å². The van der Waals surface area contributed by atoms with Gasteiger partial charge in [0.05, 0.1) is 16.6 Å². The number of hydrogen-bond donors (Lipinski definition) is 1. The molecule has 3 rings (SSSR count). The Morgan fingerprint density at radius 3 is 2.76 bits per heavy atom. The molecule has 132 valence electrons. The summed E-state index contributed by atoms with van der Waals surface area (Å²) in [6, 6.07) is 5.06. The normalized spacial score (nSPS) is 15.0. The zero-order valence-electron chi connectivity index (χ0n) is 14.5. The Hall–Kier alpha value is -2.70. The molecular weight excluding hydrogens is 322 g/mol. The van der Waals surface area contributed by atoms with E-state index in [0.29, 0.717) is 28.8 Å². The number of benzene rings is 1. The molecule has 0 radical (unpaired) electrons. The van der Waals surface area contributed by atoms with E-state index in [2.05, 4.69) is 10.3 Å². The quantitative estimate of drug-likeness (QED) is 0.832. The van der Waals surface area contributed by atoms with Crippen molar-refractivity contribution in [1.82, 2.24) is 14.9 Å². The number of hydrogen-bond acceptors (Lipinski definition) is 5. The molecule has 7 heteroatoms. The van der Waals surface area contributed by atoms with Crippen LogP contribution < -0.4 is 10.9 Å². The molecule has 0 spiro atoms. The third-order valence-electron chi connectivity index (χ3n) is 4.24. The van der Waals surface area contributed by atoms with Crippen molar-refractivity contribution in [3.05, 3.63) is 39.8 Å². The number of rotatable bonds is 5. The molecular formula is C18H21N3O4. The van der Waals surface area contributed by atoms with Gasteiger partial charge in [0.2, 0.25) is 0 Å². The second kappa shape index (κ2) is 6.66. The van der Waals surface area contributed by atoms with Gasteiger partial charge in [0, 0.05) is 12.6 Å². The van der Waals surface area contributed by atoms with Crippen LogP contribution in [0.2, 0.25) is 0 Å². The van der Waals surface area contributed by atoms with E-state index in [4.69, 9.17) is 4.74 Å². The van der Waals surface area contributed by atoms with Crippen molar-refractivity contribution in [2.45, 2.75) is 52.3 Å². The van der Waals surface area contributed by atoms with Crippen LogP contribution in [0, 0.1) is 6.92 Å². The highest BCUT2D eigenvalue weighted by Crippen LogP contribution is 2.19. The highest BCUT2D eigenvalue weighted by Gasteiger charge is 2.27. The smallest absolute Gasteiger partial charge is 0.338 e. The summed E-state index contributed by atoms with van der Waals surface area (Å²) >= 11 is 0. The van der Waals surface area contributed by atoms with Gasteiger partial charge in [0.1, 0.15) is 5.69 Å². The van der Waals surface area contributed by atoms with Gasteiger partial charge in [-0.05, 0) is 51.8 Å². The summed E-state index contributed by atoms with van der Waals surface area (Å²) < 4.78 is 6.85. The largest absolute Gasteiger partial charge is 0.449 e. The van der Waals surface area contributed by atoms with Crippen LogP contribution in [0.4, 0.5) is 0 Å².